The second kappa shape index (κ2) is 13.1. The molecule has 2 heterocycles. The van der Waals surface area contributed by atoms with Gasteiger partial charge >= 0.3 is 0 Å². The van der Waals surface area contributed by atoms with Crippen LogP contribution in [-0.2, 0) is 10.8 Å². The molecule has 1 aromatic heterocycles. The Balaban J connectivity index is 1.65. The normalized spacial score (nSPS) is 22.3. The molecule has 1 nitrogen and oxygen atoms in total. The van der Waals surface area contributed by atoms with Gasteiger partial charge in [0.05, 0.1) is 0 Å². The number of nitrogens with zero attached hydrogens (tertiary/aromatic N) is 1. The smallest absolute Gasteiger partial charge is 0.248 e. The van der Waals surface area contributed by atoms with Crippen molar-refractivity contribution in [2.75, 3.05) is 15.9 Å². The molecule has 6 rings (SSSR count). The highest BCUT2D eigenvalue weighted by molar-refractivity contribution is 14.1. The van der Waals surface area contributed by atoms with E-state index in [4.69, 9.17) is 0 Å². The van der Waals surface area contributed by atoms with Crippen molar-refractivity contribution in [3.63, 3.8) is 0 Å². The van der Waals surface area contributed by atoms with Gasteiger partial charge < -0.3 is 4.90 Å². The van der Waals surface area contributed by atoms with Gasteiger partial charge in [-0.05, 0) is 96.4 Å². The number of hydrogen-bond donors (Lipinski definition) is 0. The summed E-state index contributed by atoms with van der Waals surface area (Å²) in [4.78, 5) is 2.77. The quantitative estimate of drug-likeness (QED) is 0.108. The van der Waals surface area contributed by atoms with Crippen molar-refractivity contribution < 1.29 is 0 Å². The monoisotopic (exact) mass is 797 g/mol. The van der Waals surface area contributed by atoms with Gasteiger partial charge in [0.2, 0.25) is 6.71 Å². The van der Waals surface area contributed by atoms with Crippen LogP contribution in [0.4, 0.5) is 5.69 Å². The van der Waals surface area contributed by atoms with E-state index in [0.29, 0.717) is 11.8 Å². The number of anilines is 1. The molecule has 1 fully saturated rings. The summed E-state index contributed by atoms with van der Waals surface area (Å²) in [5.74, 6) is 0.941. The lowest BCUT2D eigenvalue weighted by Gasteiger charge is -2.57. The van der Waals surface area contributed by atoms with E-state index in [1.54, 1.807) is 5.70 Å². The lowest BCUT2D eigenvalue weighted by Crippen LogP contribution is -2.57. The summed E-state index contributed by atoms with van der Waals surface area (Å²) in [6.07, 6.45) is 15.0. The summed E-state index contributed by atoms with van der Waals surface area (Å²) in [5.41, 5.74) is 12.3. The molecule has 2 aromatic carbocycles. The molecule has 0 amide bonds. The molecule has 3 aromatic rings. The molecule has 1 aliphatic heterocycles. The topological polar surface area (TPSA) is 3.24 Å². The summed E-state index contributed by atoms with van der Waals surface area (Å²) in [6, 6.07) is 14.7. The van der Waals surface area contributed by atoms with Crippen LogP contribution in [0, 0.1) is 28.1 Å². The fourth-order valence-corrected chi connectivity index (χ4v) is 10.3. The number of benzene rings is 2. The van der Waals surface area contributed by atoms with Crippen molar-refractivity contribution in [2.45, 2.75) is 114 Å². The Bertz CT molecular complexity index is 1890. The fraction of sp³-hybridized carbons (Fsp3) is 0.522. The first-order valence-corrected chi connectivity index (χ1v) is 21.3. The number of hydrogen-bond acceptors (Lipinski definition) is 2. The summed E-state index contributed by atoms with van der Waals surface area (Å²) in [7, 11) is 0. The predicted molar refractivity (Wildman–Crippen MR) is 234 cm³/mol. The minimum atomic E-state index is 0.0565. The minimum absolute atomic E-state index is 0.0565. The van der Waals surface area contributed by atoms with Gasteiger partial charge in [-0.3, -0.25) is 0 Å². The molecule has 0 saturated heterocycles. The fourth-order valence-electron chi connectivity index (χ4n) is 8.90. The molecule has 0 spiro atoms. The molecule has 2 unspecified atom stereocenters. The van der Waals surface area contributed by atoms with E-state index >= 15 is 0 Å². The Kier molecular flexibility index (Phi) is 9.89. The SMILES string of the molecule is CC(C)(C)C(/C=C\CN1C2=C(C=CC3C2C(C)(C)CCC3(C)C)B(c2csc3ccc(C(C)(C)C)cc23)c2ccc(C(C)(C)C)cc21)=C/CI. The summed E-state index contributed by atoms with van der Waals surface area (Å²) in [6.45, 7) is 32.4. The molecule has 2 atom stereocenters. The average molecular weight is 798 g/mol. The Morgan fingerprint density at radius 2 is 1.52 bits per heavy atom. The van der Waals surface area contributed by atoms with Crippen LogP contribution < -0.4 is 15.8 Å². The summed E-state index contributed by atoms with van der Waals surface area (Å²) < 4.78 is 2.42. The van der Waals surface area contributed by atoms with Gasteiger partial charge in [0.1, 0.15) is 0 Å². The van der Waals surface area contributed by atoms with E-state index in [2.05, 4.69) is 190 Å². The molecule has 0 bridgehead atoms. The second-order valence-electron chi connectivity index (χ2n) is 19.9. The van der Waals surface area contributed by atoms with Crippen LogP contribution in [0.25, 0.3) is 10.1 Å². The van der Waals surface area contributed by atoms with Crippen molar-refractivity contribution in [1.29, 1.82) is 0 Å². The van der Waals surface area contributed by atoms with Crippen molar-refractivity contribution in [2.24, 2.45) is 28.1 Å². The van der Waals surface area contributed by atoms with Crippen LogP contribution >= 0.6 is 33.9 Å². The second-order valence-corrected chi connectivity index (χ2v) is 21.7. The highest BCUT2D eigenvalue weighted by atomic mass is 127. The third-order valence-electron chi connectivity index (χ3n) is 12.2. The number of thiophene rings is 1. The molecular formula is C46H61BINS. The molecule has 266 valence electrons. The van der Waals surface area contributed by atoms with Crippen LogP contribution in [0.1, 0.15) is 114 Å². The van der Waals surface area contributed by atoms with Crippen LogP contribution in [0.3, 0.4) is 0 Å². The average Bonchev–Trinajstić information content (AvgIpc) is 3.43. The summed E-state index contributed by atoms with van der Waals surface area (Å²) in [5, 5.41) is 3.92. The lowest BCUT2D eigenvalue weighted by molar-refractivity contribution is 0.0249. The molecular weight excluding hydrogens is 736 g/mol. The van der Waals surface area contributed by atoms with Gasteiger partial charge in [-0.1, -0.05) is 173 Å². The van der Waals surface area contributed by atoms with Gasteiger partial charge in [0.25, 0.3) is 0 Å². The molecule has 1 saturated carbocycles. The minimum Gasteiger partial charge on any atom is -0.342 e. The Hall–Kier alpha value is -2.05. The van der Waals surface area contributed by atoms with Crippen molar-refractivity contribution >= 4 is 67.3 Å². The third-order valence-corrected chi connectivity index (χ3v) is 13.6. The van der Waals surface area contributed by atoms with Crippen LogP contribution in [0.15, 0.2) is 88.9 Å². The van der Waals surface area contributed by atoms with Crippen LogP contribution in [0.2, 0.25) is 0 Å². The first-order valence-electron chi connectivity index (χ1n) is 18.9. The van der Waals surface area contributed by atoms with Gasteiger partial charge in [-0.15, -0.1) is 11.3 Å². The zero-order chi connectivity index (χ0) is 36.6. The van der Waals surface area contributed by atoms with Gasteiger partial charge in [0, 0.05) is 33.0 Å². The summed E-state index contributed by atoms with van der Waals surface area (Å²) >= 11 is 4.40. The highest BCUT2D eigenvalue weighted by Gasteiger charge is 2.53. The van der Waals surface area contributed by atoms with Gasteiger partial charge in [-0.2, -0.15) is 0 Å². The number of alkyl halides is 1. The first kappa shape index (κ1) is 37.7. The zero-order valence-corrected chi connectivity index (χ0v) is 36.2. The molecule has 50 heavy (non-hydrogen) atoms. The van der Waals surface area contributed by atoms with Gasteiger partial charge in [-0.25, -0.2) is 0 Å². The van der Waals surface area contributed by atoms with Crippen molar-refractivity contribution in [3.05, 3.63) is 100 Å². The Morgan fingerprint density at radius 1 is 0.880 bits per heavy atom. The number of allylic oxidation sites excluding steroid dienone is 7. The highest BCUT2D eigenvalue weighted by Crippen LogP contribution is 2.59. The van der Waals surface area contributed by atoms with E-state index < -0.39 is 0 Å². The molecule has 3 aliphatic rings. The van der Waals surface area contributed by atoms with Crippen LogP contribution in [-0.4, -0.2) is 17.7 Å². The van der Waals surface area contributed by atoms with E-state index in [1.165, 1.54) is 61.7 Å². The maximum atomic E-state index is 2.77. The molecule has 2 aliphatic carbocycles. The number of fused-ring (bicyclic) bond motifs is 4. The maximum Gasteiger partial charge on any atom is 0.248 e. The first-order chi connectivity index (χ1) is 23.1. The molecule has 4 heteroatoms. The van der Waals surface area contributed by atoms with Gasteiger partial charge in [0.15, 0.2) is 0 Å². The van der Waals surface area contributed by atoms with Crippen molar-refractivity contribution in [3.8, 4) is 0 Å². The van der Waals surface area contributed by atoms with E-state index in [9.17, 15) is 0 Å². The van der Waals surface area contributed by atoms with E-state index in [0.717, 1.165) is 11.0 Å². The number of halogens is 1. The van der Waals surface area contributed by atoms with E-state index in [-0.39, 0.29) is 33.8 Å². The Labute approximate surface area is 323 Å². The molecule has 0 N–H and O–H groups in total. The number of rotatable bonds is 5. The zero-order valence-electron chi connectivity index (χ0n) is 33.2. The van der Waals surface area contributed by atoms with E-state index in [1.807, 2.05) is 11.3 Å². The van der Waals surface area contributed by atoms with Crippen LogP contribution in [0.5, 0.6) is 0 Å². The maximum absolute atomic E-state index is 2.77. The Morgan fingerprint density at radius 3 is 2.16 bits per heavy atom. The largest absolute Gasteiger partial charge is 0.342 e. The van der Waals surface area contributed by atoms with Crippen molar-refractivity contribution in [1.82, 2.24) is 0 Å². The third kappa shape index (κ3) is 6.91. The standard InChI is InChI=1S/C46H61BINS/c1-42(2,3)30(22-25-48)15-14-26-49-38-28-32(44(7,8)9)16-19-35(38)47(37-29-50-39-21-17-31(27-33(37)39)43(4,5)6)36-20-18-34-40(41(36)49)46(12,13)24-23-45(34,10)11/h14-22,27-29,34,40H,23-26H2,1-13H3/b15-14-,30-22+. The predicted octanol–water partition coefficient (Wildman–Crippen LogP) is 12.3. The molecule has 0 radical (unpaired) electrons. The lowest BCUT2D eigenvalue weighted by atomic mass is 9.32.